The molecule has 0 aliphatic carbocycles. The van der Waals surface area contributed by atoms with E-state index in [0.29, 0.717) is 24.2 Å². The van der Waals surface area contributed by atoms with Crippen LogP contribution in [0.4, 0.5) is 0 Å². The highest BCUT2D eigenvalue weighted by Crippen LogP contribution is 2.18. The molecular formula is C34H34ClN5O. The predicted octanol–water partition coefficient (Wildman–Crippen LogP) is 6.24. The number of halogens is 1. The first-order valence-corrected chi connectivity index (χ1v) is 13.7. The minimum absolute atomic E-state index is 0. The number of rotatable bonds is 12. The average molecular weight is 564 g/mol. The molecule has 7 heteroatoms. The molecule has 0 unspecified atom stereocenters. The fraction of sp³-hybridized carbons (Fsp3) is 0.206. The SMILES string of the molecule is Cl.N#Cc1ccc(Cn2cncc2CN(CCCc2ccccc2)CCNC(=O)c2cccc3ccccc23)cc1. The summed E-state index contributed by atoms with van der Waals surface area (Å²) in [5.74, 6) is -0.0492. The van der Waals surface area contributed by atoms with E-state index in [0.717, 1.165) is 54.5 Å². The number of nitriles is 1. The number of fused-ring (bicyclic) bond motifs is 1. The highest BCUT2D eigenvalue weighted by molar-refractivity contribution is 6.06. The number of imidazole rings is 1. The van der Waals surface area contributed by atoms with Gasteiger partial charge in [-0.15, -0.1) is 12.4 Å². The van der Waals surface area contributed by atoms with Crippen LogP contribution in [-0.2, 0) is 19.5 Å². The van der Waals surface area contributed by atoms with E-state index in [1.807, 2.05) is 85.3 Å². The standard InChI is InChI=1S/C34H33N5O.ClH/c35-22-28-15-17-29(18-16-28)24-39-26-36-23-31(39)25-38(20-7-10-27-8-2-1-3-9-27)21-19-37-34(40)33-14-6-12-30-11-4-5-13-32(30)33;/h1-6,8-9,11-18,23,26H,7,10,19-21,24-25H2,(H,37,40);1H. The molecule has 208 valence electrons. The second-order valence-corrected chi connectivity index (χ2v) is 9.97. The molecule has 0 saturated heterocycles. The lowest BCUT2D eigenvalue weighted by atomic mass is 10.0. The normalized spacial score (nSPS) is 10.7. The molecule has 0 fully saturated rings. The van der Waals surface area contributed by atoms with E-state index < -0.39 is 0 Å². The maximum atomic E-state index is 13.1. The van der Waals surface area contributed by atoms with Crippen molar-refractivity contribution in [1.82, 2.24) is 19.8 Å². The van der Waals surface area contributed by atoms with Gasteiger partial charge in [-0.25, -0.2) is 4.98 Å². The van der Waals surface area contributed by atoms with Crippen molar-refractivity contribution >= 4 is 29.1 Å². The number of nitrogens with zero attached hydrogens (tertiary/aromatic N) is 4. The van der Waals surface area contributed by atoms with Crippen molar-refractivity contribution in [1.29, 1.82) is 5.26 Å². The van der Waals surface area contributed by atoms with Gasteiger partial charge in [0.05, 0.1) is 23.7 Å². The summed E-state index contributed by atoms with van der Waals surface area (Å²) in [4.78, 5) is 19.9. The lowest BCUT2D eigenvalue weighted by molar-refractivity contribution is 0.0949. The molecule has 1 N–H and O–H groups in total. The summed E-state index contributed by atoms with van der Waals surface area (Å²) >= 11 is 0. The van der Waals surface area contributed by atoms with Crippen LogP contribution in [-0.4, -0.2) is 40.0 Å². The summed E-state index contributed by atoms with van der Waals surface area (Å²) in [5.41, 5.74) is 4.93. The van der Waals surface area contributed by atoms with Gasteiger partial charge in [0.2, 0.25) is 0 Å². The summed E-state index contributed by atoms with van der Waals surface area (Å²) in [5, 5.41) is 14.3. The van der Waals surface area contributed by atoms with Crippen molar-refractivity contribution in [2.75, 3.05) is 19.6 Å². The van der Waals surface area contributed by atoms with Gasteiger partial charge >= 0.3 is 0 Å². The van der Waals surface area contributed by atoms with Crippen LogP contribution < -0.4 is 5.32 Å². The molecular weight excluding hydrogens is 530 g/mol. The van der Waals surface area contributed by atoms with Crippen LogP contribution in [0, 0.1) is 11.3 Å². The number of benzene rings is 4. The molecule has 5 rings (SSSR count). The first-order chi connectivity index (χ1) is 19.7. The molecule has 0 aliphatic rings. The Bertz CT molecular complexity index is 1590. The Morgan fingerprint density at radius 3 is 2.44 bits per heavy atom. The monoisotopic (exact) mass is 563 g/mol. The molecule has 41 heavy (non-hydrogen) atoms. The fourth-order valence-electron chi connectivity index (χ4n) is 5.00. The number of amides is 1. The van der Waals surface area contributed by atoms with E-state index in [-0.39, 0.29) is 18.3 Å². The number of carbonyl (C=O) groups excluding carboxylic acids is 1. The zero-order chi connectivity index (χ0) is 27.6. The van der Waals surface area contributed by atoms with E-state index >= 15 is 0 Å². The van der Waals surface area contributed by atoms with Crippen LogP contribution >= 0.6 is 12.4 Å². The molecule has 0 saturated carbocycles. The first kappa shape index (κ1) is 29.5. The second kappa shape index (κ2) is 14.8. The number of hydrogen-bond acceptors (Lipinski definition) is 4. The highest BCUT2D eigenvalue weighted by Gasteiger charge is 2.13. The Hall–Kier alpha value is -4.44. The van der Waals surface area contributed by atoms with E-state index in [9.17, 15) is 4.79 Å². The van der Waals surface area contributed by atoms with Gasteiger partial charge in [-0.3, -0.25) is 9.69 Å². The second-order valence-electron chi connectivity index (χ2n) is 9.97. The van der Waals surface area contributed by atoms with Crippen LogP contribution in [0.1, 0.15) is 39.2 Å². The third-order valence-corrected chi connectivity index (χ3v) is 7.15. The van der Waals surface area contributed by atoms with Gasteiger partial charge in [0.1, 0.15) is 0 Å². The predicted molar refractivity (Wildman–Crippen MR) is 166 cm³/mol. The summed E-state index contributed by atoms with van der Waals surface area (Å²) in [6.45, 7) is 3.61. The molecule has 0 atom stereocenters. The Balaban J connectivity index is 0.00000387. The molecule has 5 aromatic rings. The Labute approximate surface area is 247 Å². The van der Waals surface area contributed by atoms with E-state index in [1.54, 1.807) is 0 Å². The number of aromatic nitrogens is 2. The zero-order valence-corrected chi connectivity index (χ0v) is 23.8. The highest BCUT2D eigenvalue weighted by atomic mass is 35.5. The van der Waals surface area contributed by atoms with Gasteiger partial charge < -0.3 is 9.88 Å². The van der Waals surface area contributed by atoms with Crippen molar-refractivity contribution in [2.24, 2.45) is 0 Å². The van der Waals surface area contributed by atoms with Crippen molar-refractivity contribution in [3.05, 3.63) is 138 Å². The number of carbonyl (C=O) groups is 1. The van der Waals surface area contributed by atoms with Crippen LogP contribution in [0.2, 0.25) is 0 Å². The molecule has 6 nitrogen and oxygen atoms in total. The van der Waals surface area contributed by atoms with Crippen molar-refractivity contribution in [3.8, 4) is 6.07 Å². The van der Waals surface area contributed by atoms with E-state index in [4.69, 9.17) is 5.26 Å². The van der Waals surface area contributed by atoms with Crippen molar-refractivity contribution < 1.29 is 4.79 Å². The minimum Gasteiger partial charge on any atom is -0.351 e. The number of nitrogens with one attached hydrogen (secondary N) is 1. The van der Waals surface area contributed by atoms with Crippen LogP contribution in [0.3, 0.4) is 0 Å². The molecule has 0 radical (unpaired) electrons. The summed E-state index contributed by atoms with van der Waals surface area (Å²) in [7, 11) is 0. The summed E-state index contributed by atoms with van der Waals surface area (Å²) in [6, 6.07) is 34.2. The first-order valence-electron chi connectivity index (χ1n) is 13.7. The lowest BCUT2D eigenvalue weighted by Crippen LogP contribution is -2.36. The molecule has 0 bridgehead atoms. The summed E-state index contributed by atoms with van der Waals surface area (Å²) < 4.78 is 2.15. The quantitative estimate of drug-likeness (QED) is 0.195. The third-order valence-electron chi connectivity index (χ3n) is 7.15. The maximum Gasteiger partial charge on any atom is 0.251 e. The Morgan fingerprint density at radius 2 is 1.63 bits per heavy atom. The van der Waals surface area contributed by atoms with Gasteiger partial charge in [0, 0.05) is 37.9 Å². The largest absolute Gasteiger partial charge is 0.351 e. The van der Waals surface area contributed by atoms with Crippen molar-refractivity contribution in [3.63, 3.8) is 0 Å². The van der Waals surface area contributed by atoms with Gasteiger partial charge in [-0.2, -0.15) is 5.26 Å². The topological polar surface area (TPSA) is 74.0 Å². The summed E-state index contributed by atoms with van der Waals surface area (Å²) in [6.07, 6.45) is 5.80. The van der Waals surface area contributed by atoms with Crippen LogP contribution in [0.5, 0.6) is 0 Å². The Morgan fingerprint density at radius 1 is 0.878 bits per heavy atom. The van der Waals surface area contributed by atoms with Gasteiger partial charge in [0.25, 0.3) is 5.91 Å². The molecule has 1 heterocycles. The maximum absolute atomic E-state index is 13.1. The van der Waals surface area contributed by atoms with Crippen molar-refractivity contribution in [2.45, 2.75) is 25.9 Å². The molecule has 1 amide bonds. The molecule has 0 aliphatic heterocycles. The van der Waals surface area contributed by atoms with Crippen LogP contribution in [0.25, 0.3) is 10.8 Å². The molecule has 4 aromatic carbocycles. The van der Waals surface area contributed by atoms with Crippen LogP contribution in [0.15, 0.2) is 110 Å². The van der Waals surface area contributed by atoms with E-state index in [2.05, 4.69) is 50.1 Å². The minimum atomic E-state index is -0.0492. The Kier molecular flexibility index (Phi) is 10.7. The van der Waals surface area contributed by atoms with E-state index in [1.165, 1.54) is 5.56 Å². The molecule has 1 aromatic heterocycles. The fourth-order valence-corrected chi connectivity index (χ4v) is 5.00. The zero-order valence-electron chi connectivity index (χ0n) is 22.9. The molecule has 0 spiro atoms. The smallest absolute Gasteiger partial charge is 0.251 e. The van der Waals surface area contributed by atoms with Gasteiger partial charge in [-0.05, 0) is 59.5 Å². The number of aryl methyl sites for hydroxylation is 1. The average Bonchev–Trinajstić information content (AvgIpc) is 3.43. The van der Waals surface area contributed by atoms with Gasteiger partial charge in [0.15, 0.2) is 0 Å². The van der Waals surface area contributed by atoms with Gasteiger partial charge in [-0.1, -0.05) is 78.9 Å². The number of hydrogen-bond donors (Lipinski definition) is 1. The third kappa shape index (κ3) is 8.04. The lowest BCUT2D eigenvalue weighted by Gasteiger charge is -2.23.